The van der Waals surface area contributed by atoms with Crippen molar-refractivity contribution in [2.45, 2.75) is 46.2 Å². The third kappa shape index (κ3) is 6.94. The van der Waals surface area contributed by atoms with E-state index in [1.807, 2.05) is 62.4 Å². The van der Waals surface area contributed by atoms with Gasteiger partial charge in [0, 0.05) is 37.3 Å². The Labute approximate surface area is 167 Å². The SMILES string of the molecule is CC(=O)N(Cc1ccc(NC(=O)CCc2ccccc2N)cc1)C(C)C.Cl. The van der Waals surface area contributed by atoms with Crippen molar-refractivity contribution in [2.24, 2.45) is 0 Å². The number of nitrogens with two attached hydrogens (primary N) is 1. The number of halogens is 1. The number of carbonyl (C=O) groups excluding carboxylic acids is 2. The molecule has 0 unspecified atom stereocenters. The van der Waals surface area contributed by atoms with Crippen LogP contribution in [0, 0.1) is 0 Å². The molecule has 0 heterocycles. The second kappa shape index (κ2) is 10.6. The Balaban J connectivity index is 0.00000364. The van der Waals surface area contributed by atoms with Crippen LogP contribution >= 0.6 is 12.4 Å². The average Bonchev–Trinajstić information content (AvgIpc) is 2.59. The van der Waals surface area contributed by atoms with Crippen LogP contribution in [0.15, 0.2) is 48.5 Å². The van der Waals surface area contributed by atoms with E-state index < -0.39 is 0 Å². The second-order valence-electron chi connectivity index (χ2n) is 6.68. The van der Waals surface area contributed by atoms with Crippen molar-refractivity contribution in [3.8, 4) is 0 Å². The molecule has 2 aromatic rings. The van der Waals surface area contributed by atoms with Crippen LogP contribution in [0.5, 0.6) is 0 Å². The second-order valence-corrected chi connectivity index (χ2v) is 6.68. The van der Waals surface area contributed by atoms with Gasteiger partial charge in [-0.2, -0.15) is 0 Å². The van der Waals surface area contributed by atoms with Crippen LogP contribution in [0.2, 0.25) is 0 Å². The van der Waals surface area contributed by atoms with Crippen LogP contribution in [0.3, 0.4) is 0 Å². The Morgan fingerprint density at radius 2 is 1.70 bits per heavy atom. The molecular weight excluding hydrogens is 362 g/mol. The first-order valence-corrected chi connectivity index (χ1v) is 8.86. The Hall–Kier alpha value is -2.53. The maximum absolute atomic E-state index is 12.1. The molecule has 2 aromatic carbocycles. The van der Waals surface area contributed by atoms with E-state index in [0.717, 1.165) is 16.8 Å². The number of benzene rings is 2. The first kappa shape index (κ1) is 22.5. The van der Waals surface area contributed by atoms with E-state index in [1.54, 1.807) is 11.8 Å². The fourth-order valence-electron chi connectivity index (χ4n) is 2.78. The van der Waals surface area contributed by atoms with E-state index in [4.69, 9.17) is 5.73 Å². The van der Waals surface area contributed by atoms with Crippen molar-refractivity contribution in [1.29, 1.82) is 0 Å². The number of hydrogen-bond acceptors (Lipinski definition) is 3. The standard InChI is InChI=1S/C21H27N3O2.ClH/c1-15(2)24(16(3)25)14-17-8-11-19(12-9-17)23-21(26)13-10-18-6-4-5-7-20(18)22;/h4-9,11-12,15H,10,13-14,22H2,1-3H3,(H,23,26);1H. The van der Waals surface area contributed by atoms with Crippen LogP contribution in [-0.2, 0) is 22.6 Å². The predicted octanol–water partition coefficient (Wildman–Crippen LogP) is 4.02. The number of rotatable bonds is 7. The molecule has 0 saturated heterocycles. The van der Waals surface area contributed by atoms with Crippen LogP contribution in [0.1, 0.15) is 38.3 Å². The lowest BCUT2D eigenvalue weighted by atomic mass is 10.1. The zero-order valence-electron chi connectivity index (χ0n) is 16.1. The number of nitrogens with zero attached hydrogens (tertiary/aromatic N) is 1. The van der Waals surface area contributed by atoms with Gasteiger partial charge in [-0.25, -0.2) is 0 Å². The van der Waals surface area contributed by atoms with Crippen molar-refractivity contribution < 1.29 is 9.59 Å². The molecule has 0 aliphatic rings. The molecule has 2 amide bonds. The van der Waals surface area contributed by atoms with E-state index in [-0.39, 0.29) is 30.3 Å². The van der Waals surface area contributed by atoms with E-state index in [0.29, 0.717) is 25.1 Å². The van der Waals surface area contributed by atoms with Crippen molar-refractivity contribution in [2.75, 3.05) is 11.1 Å². The summed E-state index contributed by atoms with van der Waals surface area (Å²) >= 11 is 0. The number of para-hydroxylation sites is 1. The Morgan fingerprint density at radius 1 is 1.07 bits per heavy atom. The summed E-state index contributed by atoms with van der Waals surface area (Å²) in [5.74, 6) is 0.00566. The predicted molar refractivity (Wildman–Crippen MR) is 113 cm³/mol. The number of hydrogen-bond donors (Lipinski definition) is 2. The zero-order chi connectivity index (χ0) is 19.1. The molecule has 146 valence electrons. The minimum Gasteiger partial charge on any atom is -0.399 e. The molecule has 0 radical (unpaired) electrons. The number of carbonyl (C=O) groups is 2. The maximum Gasteiger partial charge on any atom is 0.224 e. The van der Waals surface area contributed by atoms with Gasteiger partial charge in [0.1, 0.15) is 0 Å². The summed E-state index contributed by atoms with van der Waals surface area (Å²) in [4.78, 5) is 25.6. The van der Waals surface area contributed by atoms with Crippen LogP contribution < -0.4 is 11.1 Å². The highest BCUT2D eigenvalue weighted by atomic mass is 35.5. The Morgan fingerprint density at radius 3 is 2.26 bits per heavy atom. The van der Waals surface area contributed by atoms with Crippen molar-refractivity contribution in [3.05, 3.63) is 59.7 Å². The molecule has 0 saturated carbocycles. The van der Waals surface area contributed by atoms with Crippen LogP contribution in [-0.4, -0.2) is 22.8 Å². The lowest BCUT2D eigenvalue weighted by Crippen LogP contribution is -2.34. The summed E-state index contributed by atoms with van der Waals surface area (Å²) < 4.78 is 0. The van der Waals surface area contributed by atoms with E-state index in [2.05, 4.69) is 5.32 Å². The summed E-state index contributed by atoms with van der Waals surface area (Å²) in [5.41, 5.74) is 9.37. The van der Waals surface area contributed by atoms with Gasteiger partial charge in [0.25, 0.3) is 0 Å². The number of anilines is 2. The normalized spacial score (nSPS) is 10.2. The molecule has 0 aromatic heterocycles. The summed E-state index contributed by atoms with van der Waals surface area (Å²) in [6.45, 7) is 6.13. The summed E-state index contributed by atoms with van der Waals surface area (Å²) in [6, 6.07) is 15.3. The Kier molecular flexibility index (Phi) is 8.82. The first-order valence-electron chi connectivity index (χ1n) is 8.86. The molecule has 0 aliphatic heterocycles. The van der Waals surface area contributed by atoms with Gasteiger partial charge in [0.05, 0.1) is 0 Å². The van der Waals surface area contributed by atoms with Crippen LogP contribution in [0.4, 0.5) is 11.4 Å². The quantitative estimate of drug-likeness (QED) is 0.702. The van der Waals surface area contributed by atoms with E-state index >= 15 is 0 Å². The molecule has 0 spiro atoms. The summed E-state index contributed by atoms with van der Waals surface area (Å²) in [7, 11) is 0. The topological polar surface area (TPSA) is 75.4 Å². The van der Waals surface area contributed by atoms with E-state index in [1.165, 1.54) is 0 Å². The van der Waals surface area contributed by atoms with Gasteiger partial charge >= 0.3 is 0 Å². The minimum absolute atomic E-state index is 0. The van der Waals surface area contributed by atoms with Gasteiger partial charge in [-0.15, -0.1) is 12.4 Å². The summed E-state index contributed by atoms with van der Waals surface area (Å²) in [6.07, 6.45) is 0.986. The monoisotopic (exact) mass is 389 g/mol. The highest BCUT2D eigenvalue weighted by Crippen LogP contribution is 2.15. The molecule has 0 aliphatic carbocycles. The third-order valence-electron chi connectivity index (χ3n) is 4.29. The van der Waals surface area contributed by atoms with Gasteiger partial charge < -0.3 is 16.0 Å². The summed E-state index contributed by atoms with van der Waals surface area (Å²) in [5, 5.41) is 2.90. The molecule has 0 bridgehead atoms. The first-order chi connectivity index (χ1) is 12.4. The number of aryl methyl sites for hydroxylation is 1. The maximum atomic E-state index is 12.1. The third-order valence-corrected chi connectivity index (χ3v) is 4.29. The zero-order valence-corrected chi connectivity index (χ0v) is 16.9. The molecule has 27 heavy (non-hydrogen) atoms. The van der Waals surface area contributed by atoms with Crippen LogP contribution in [0.25, 0.3) is 0 Å². The number of nitrogens with one attached hydrogen (secondary N) is 1. The van der Waals surface area contributed by atoms with Crippen molar-refractivity contribution in [3.63, 3.8) is 0 Å². The lowest BCUT2D eigenvalue weighted by molar-refractivity contribution is -0.131. The minimum atomic E-state index is -0.0476. The molecular formula is C21H28ClN3O2. The fraction of sp³-hybridized carbons (Fsp3) is 0.333. The average molecular weight is 390 g/mol. The van der Waals surface area contributed by atoms with E-state index in [9.17, 15) is 9.59 Å². The fourth-order valence-corrected chi connectivity index (χ4v) is 2.78. The number of nitrogen functional groups attached to an aromatic ring is 1. The highest BCUT2D eigenvalue weighted by Gasteiger charge is 2.13. The number of amides is 2. The lowest BCUT2D eigenvalue weighted by Gasteiger charge is -2.25. The molecule has 2 rings (SSSR count). The van der Waals surface area contributed by atoms with Gasteiger partial charge in [-0.3, -0.25) is 9.59 Å². The van der Waals surface area contributed by atoms with Crippen molar-refractivity contribution >= 4 is 35.6 Å². The van der Waals surface area contributed by atoms with Crippen molar-refractivity contribution in [1.82, 2.24) is 4.90 Å². The highest BCUT2D eigenvalue weighted by molar-refractivity contribution is 5.90. The molecule has 5 nitrogen and oxygen atoms in total. The molecule has 3 N–H and O–H groups in total. The molecule has 0 atom stereocenters. The van der Waals surface area contributed by atoms with Gasteiger partial charge in [-0.05, 0) is 49.6 Å². The van der Waals surface area contributed by atoms with Gasteiger partial charge in [0.15, 0.2) is 0 Å². The molecule has 0 fully saturated rings. The largest absolute Gasteiger partial charge is 0.399 e. The Bertz CT molecular complexity index is 760. The molecule has 6 heteroatoms. The van der Waals surface area contributed by atoms with Gasteiger partial charge in [-0.1, -0.05) is 30.3 Å². The smallest absolute Gasteiger partial charge is 0.224 e. The van der Waals surface area contributed by atoms with Gasteiger partial charge in [0.2, 0.25) is 11.8 Å².